The Morgan fingerprint density at radius 1 is 1.28 bits per heavy atom. The summed E-state index contributed by atoms with van der Waals surface area (Å²) in [6.45, 7) is 6.03. The molecule has 0 amide bonds. The van der Waals surface area contributed by atoms with Crippen LogP contribution in [0, 0.1) is 5.92 Å². The lowest BCUT2D eigenvalue weighted by atomic mass is 10.1. The Bertz CT molecular complexity index is 495. The molecule has 0 fully saturated rings. The first-order valence-corrected chi connectivity index (χ1v) is 7.43. The summed E-state index contributed by atoms with van der Waals surface area (Å²) in [6.07, 6.45) is -0.671. The average Bonchev–Trinajstić information content (AvgIpc) is 2.28. The molecule has 0 aliphatic heterocycles. The van der Waals surface area contributed by atoms with E-state index in [9.17, 15) is 13.5 Å². The number of benzene rings is 1. The Hall–Kier alpha value is -0.910. The van der Waals surface area contributed by atoms with Gasteiger partial charge in [-0.3, -0.25) is 0 Å². The van der Waals surface area contributed by atoms with E-state index in [1.165, 1.54) is 10.4 Å². The zero-order valence-corrected chi connectivity index (χ0v) is 12.1. The first-order chi connectivity index (χ1) is 8.25. The molecule has 0 aliphatic rings. The van der Waals surface area contributed by atoms with Gasteiger partial charge in [0.1, 0.15) is 0 Å². The highest BCUT2D eigenvalue weighted by atomic mass is 32.2. The van der Waals surface area contributed by atoms with Gasteiger partial charge in [-0.15, -0.1) is 0 Å². The minimum Gasteiger partial charge on any atom is -0.389 e. The largest absolute Gasteiger partial charge is 0.389 e. The molecule has 1 aromatic carbocycles. The lowest BCUT2D eigenvalue weighted by Crippen LogP contribution is -2.30. The molecule has 1 atom stereocenters. The Morgan fingerprint density at radius 2 is 1.89 bits per heavy atom. The van der Waals surface area contributed by atoms with Gasteiger partial charge < -0.3 is 5.11 Å². The van der Waals surface area contributed by atoms with Crippen molar-refractivity contribution in [3.05, 3.63) is 29.8 Å². The molecule has 4 nitrogen and oxygen atoms in total. The molecule has 1 rings (SSSR count). The molecule has 0 radical (unpaired) electrons. The standard InChI is InChI=1S/C13H21NO3S/c1-10(2)9-14(4)18(16,17)13-7-5-6-12(8-13)11(3)15/h5-8,10-11,15H,9H2,1-4H3. The zero-order chi connectivity index (χ0) is 13.9. The Kier molecular flexibility index (Phi) is 4.90. The van der Waals surface area contributed by atoms with Gasteiger partial charge in [0.15, 0.2) is 0 Å². The van der Waals surface area contributed by atoms with Gasteiger partial charge in [0.05, 0.1) is 11.0 Å². The van der Waals surface area contributed by atoms with E-state index in [0.29, 0.717) is 12.1 Å². The number of aliphatic hydroxyl groups is 1. The van der Waals surface area contributed by atoms with E-state index in [1.54, 1.807) is 32.2 Å². The quantitative estimate of drug-likeness (QED) is 0.891. The highest BCUT2D eigenvalue weighted by Gasteiger charge is 2.21. The van der Waals surface area contributed by atoms with Crippen molar-refractivity contribution in [2.75, 3.05) is 13.6 Å². The van der Waals surface area contributed by atoms with Gasteiger partial charge in [-0.25, -0.2) is 12.7 Å². The van der Waals surface area contributed by atoms with Crippen LogP contribution in [0.4, 0.5) is 0 Å². The monoisotopic (exact) mass is 271 g/mol. The van der Waals surface area contributed by atoms with Gasteiger partial charge >= 0.3 is 0 Å². The van der Waals surface area contributed by atoms with Gasteiger partial charge in [-0.05, 0) is 30.5 Å². The van der Waals surface area contributed by atoms with Crippen molar-refractivity contribution >= 4 is 10.0 Å². The molecule has 0 saturated carbocycles. The van der Waals surface area contributed by atoms with Gasteiger partial charge in [0, 0.05) is 13.6 Å². The van der Waals surface area contributed by atoms with Crippen molar-refractivity contribution in [3.63, 3.8) is 0 Å². The smallest absolute Gasteiger partial charge is 0.242 e. The van der Waals surface area contributed by atoms with Crippen LogP contribution in [-0.2, 0) is 10.0 Å². The maximum Gasteiger partial charge on any atom is 0.242 e. The normalized spacial score (nSPS) is 14.2. The van der Waals surface area contributed by atoms with Crippen molar-refractivity contribution in [1.82, 2.24) is 4.31 Å². The van der Waals surface area contributed by atoms with Crippen LogP contribution in [0.3, 0.4) is 0 Å². The van der Waals surface area contributed by atoms with E-state index in [2.05, 4.69) is 0 Å². The Balaban J connectivity index is 3.08. The molecule has 0 spiro atoms. The summed E-state index contributed by atoms with van der Waals surface area (Å²) in [5.41, 5.74) is 0.606. The van der Waals surface area contributed by atoms with E-state index in [-0.39, 0.29) is 10.8 Å². The molecule has 5 heteroatoms. The summed E-state index contributed by atoms with van der Waals surface area (Å²) in [5.74, 6) is 0.268. The lowest BCUT2D eigenvalue weighted by Gasteiger charge is -2.19. The third kappa shape index (κ3) is 3.54. The van der Waals surface area contributed by atoms with Gasteiger partial charge in [-0.1, -0.05) is 26.0 Å². The van der Waals surface area contributed by atoms with E-state index < -0.39 is 16.1 Å². The molecule has 0 saturated heterocycles. The fourth-order valence-corrected chi connectivity index (χ4v) is 3.12. The summed E-state index contributed by atoms with van der Waals surface area (Å²) in [7, 11) is -1.89. The Labute approximate surface area is 109 Å². The summed E-state index contributed by atoms with van der Waals surface area (Å²) in [6, 6.07) is 6.44. The highest BCUT2D eigenvalue weighted by molar-refractivity contribution is 7.89. The lowest BCUT2D eigenvalue weighted by molar-refractivity contribution is 0.199. The number of aliphatic hydroxyl groups excluding tert-OH is 1. The number of nitrogens with zero attached hydrogens (tertiary/aromatic N) is 1. The topological polar surface area (TPSA) is 57.6 Å². The number of rotatable bonds is 5. The predicted octanol–water partition coefficient (Wildman–Crippen LogP) is 2.02. The average molecular weight is 271 g/mol. The van der Waals surface area contributed by atoms with E-state index in [4.69, 9.17) is 0 Å². The Morgan fingerprint density at radius 3 is 2.39 bits per heavy atom. The molecule has 1 aromatic rings. The van der Waals surface area contributed by atoms with Crippen LogP contribution in [-0.4, -0.2) is 31.4 Å². The third-order valence-electron chi connectivity index (χ3n) is 2.67. The fourth-order valence-electron chi connectivity index (χ4n) is 1.73. The minimum absolute atomic E-state index is 0.226. The van der Waals surface area contributed by atoms with Gasteiger partial charge in [0.25, 0.3) is 0 Å². The van der Waals surface area contributed by atoms with Gasteiger partial charge in [-0.2, -0.15) is 0 Å². The molecular formula is C13H21NO3S. The summed E-state index contributed by atoms with van der Waals surface area (Å²) >= 11 is 0. The number of hydrogen-bond donors (Lipinski definition) is 1. The first kappa shape index (κ1) is 15.1. The van der Waals surface area contributed by atoms with Crippen molar-refractivity contribution in [2.24, 2.45) is 5.92 Å². The molecular weight excluding hydrogens is 250 g/mol. The fraction of sp³-hybridized carbons (Fsp3) is 0.538. The van der Waals surface area contributed by atoms with E-state index in [1.807, 2.05) is 13.8 Å². The van der Waals surface area contributed by atoms with Crippen LogP contribution < -0.4 is 0 Å². The number of sulfonamides is 1. The minimum atomic E-state index is -3.47. The molecule has 18 heavy (non-hydrogen) atoms. The molecule has 0 aromatic heterocycles. The van der Waals surface area contributed by atoms with Crippen molar-refractivity contribution in [1.29, 1.82) is 0 Å². The van der Waals surface area contributed by atoms with Crippen molar-refractivity contribution in [3.8, 4) is 0 Å². The second-order valence-corrected chi connectivity index (χ2v) is 6.97. The van der Waals surface area contributed by atoms with Crippen LogP contribution >= 0.6 is 0 Å². The van der Waals surface area contributed by atoms with Crippen LogP contribution in [0.1, 0.15) is 32.4 Å². The highest BCUT2D eigenvalue weighted by Crippen LogP contribution is 2.20. The molecule has 0 aliphatic carbocycles. The van der Waals surface area contributed by atoms with E-state index in [0.717, 1.165) is 0 Å². The molecule has 0 heterocycles. The van der Waals surface area contributed by atoms with E-state index >= 15 is 0 Å². The zero-order valence-electron chi connectivity index (χ0n) is 11.3. The summed E-state index contributed by atoms with van der Waals surface area (Å²) < 4.78 is 25.9. The maximum atomic E-state index is 12.3. The first-order valence-electron chi connectivity index (χ1n) is 5.99. The maximum absolute atomic E-state index is 12.3. The summed E-state index contributed by atoms with van der Waals surface area (Å²) in [5, 5.41) is 9.49. The predicted molar refractivity (Wildman–Crippen MR) is 71.7 cm³/mol. The molecule has 1 unspecified atom stereocenters. The molecule has 1 N–H and O–H groups in total. The van der Waals surface area contributed by atoms with Crippen LogP contribution in [0.25, 0.3) is 0 Å². The number of hydrogen-bond acceptors (Lipinski definition) is 3. The molecule has 102 valence electrons. The van der Waals surface area contributed by atoms with Gasteiger partial charge in [0.2, 0.25) is 10.0 Å². The third-order valence-corrected chi connectivity index (χ3v) is 4.49. The van der Waals surface area contributed by atoms with Crippen molar-refractivity contribution in [2.45, 2.75) is 31.8 Å². The SMILES string of the molecule is CC(C)CN(C)S(=O)(=O)c1cccc(C(C)O)c1. The molecule has 0 bridgehead atoms. The van der Waals surface area contributed by atoms with Crippen LogP contribution in [0.15, 0.2) is 29.2 Å². The van der Waals surface area contributed by atoms with Crippen LogP contribution in [0.5, 0.6) is 0 Å². The summed E-state index contributed by atoms with van der Waals surface area (Å²) in [4.78, 5) is 0.226. The second-order valence-electron chi connectivity index (χ2n) is 4.93. The van der Waals surface area contributed by atoms with Crippen LogP contribution in [0.2, 0.25) is 0 Å². The van der Waals surface area contributed by atoms with Crippen molar-refractivity contribution < 1.29 is 13.5 Å². The second kappa shape index (κ2) is 5.82.